The van der Waals surface area contributed by atoms with Gasteiger partial charge in [0.15, 0.2) is 0 Å². The van der Waals surface area contributed by atoms with Gasteiger partial charge in [0, 0.05) is 8.95 Å². The maximum absolute atomic E-state index is 10.1. The zero-order valence-corrected chi connectivity index (χ0v) is 10.7. The summed E-state index contributed by atoms with van der Waals surface area (Å²) >= 11 is 6.66. The van der Waals surface area contributed by atoms with Gasteiger partial charge in [-0.15, -0.1) is 0 Å². The van der Waals surface area contributed by atoms with Crippen LogP contribution in [-0.4, -0.2) is 23.9 Å². The molecule has 15 heavy (non-hydrogen) atoms. The fourth-order valence-electron chi connectivity index (χ4n) is 0.783. The van der Waals surface area contributed by atoms with Gasteiger partial charge in [0.2, 0.25) is 6.61 Å². The van der Waals surface area contributed by atoms with Crippen LogP contribution in [0.2, 0.25) is 0 Å². The van der Waals surface area contributed by atoms with E-state index < -0.39 is 12.6 Å². The van der Waals surface area contributed by atoms with Crippen molar-refractivity contribution in [3.8, 4) is 0 Å². The molecule has 0 fully saturated rings. The lowest BCUT2D eigenvalue weighted by atomic mass is 10.2. The molecule has 0 amide bonds. The topological polar surface area (TPSA) is 58.9 Å². The Balaban J connectivity index is 2.57. The molecule has 0 heterocycles. The first-order chi connectivity index (χ1) is 7.09. The van der Waals surface area contributed by atoms with Crippen LogP contribution in [0.1, 0.15) is 5.56 Å². The SMILES string of the molecule is O=C(O)CO/N=C/c1ccc(Br)c(Br)c1. The molecule has 6 heteroatoms. The molecule has 1 N–H and O–H groups in total. The monoisotopic (exact) mass is 335 g/mol. The summed E-state index contributed by atoms with van der Waals surface area (Å²) in [5, 5.41) is 11.8. The third-order valence-electron chi connectivity index (χ3n) is 1.41. The molecule has 0 bridgehead atoms. The molecule has 1 aromatic carbocycles. The lowest BCUT2D eigenvalue weighted by Gasteiger charge is -1.97. The number of nitrogens with zero attached hydrogens (tertiary/aromatic N) is 1. The molecule has 0 unspecified atom stereocenters. The van der Waals surface area contributed by atoms with Gasteiger partial charge in [-0.3, -0.25) is 0 Å². The number of hydrogen-bond acceptors (Lipinski definition) is 3. The zero-order chi connectivity index (χ0) is 11.3. The number of hydrogen-bond donors (Lipinski definition) is 1. The summed E-state index contributed by atoms with van der Waals surface area (Å²) in [6.07, 6.45) is 1.44. The number of carbonyl (C=O) groups is 1. The minimum Gasteiger partial charge on any atom is -0.479 e. The number of rotatable bonds is 4. The van der Waals surface area contributed by atoms with E-state index in [9.17, 15) is 4.79 Å². The van der Waals surface area contributed by atoms with E-state index in [0.29, 0.717) is 0 Å². The summed E-state index contributed by atoms with van der Waals surface area (Å²) in [5.74, 6) is -1.05. The van der Waals surface area contributed by atoms with E-state index in [4.69, 9.17) is 5.11 Å². The standard InChI is InChI=1S/C9H7Br2NO3/c10-7-2-1-6(3-8(7)11)4-12-15-5-9(13)14/h1-4H,5H2,(H,13,14)/b12-4+. The van der Waals surface area contributed by atoms with Gasteiger partial charge in [0.1, 0.15) is 0 Å². The van der Waals surface area contributed by atoms with Crippen LogP contribution in [0.25, 0.3) is 0 Å². The average molecular weight is 337 g/mol. The molecule has 1 aromatic rings. The minimum absolute atomic E-state index is 0.436. The number of oxime groups is 1. The maximum Gasteiger partial charge on any atom is 0.344 e. The van der Waals surface area contributed by atoms with E-state index in [1.807, 2.05) is 18.2 Å². The van der Waals surface area contributed by atoms with Gasteiger partial charge in [0.25, 0.3) is 0 Å². The van der Waals surface area contributed by atoms with Gasteiger partial charge in [-0.25, -0.2) is 4.79 Å². The minimum atomic E-state index is -1.05. The molecule has 80 valence electrons. The van der Waals surface area contributed by atoms with Gasteiger partial charge >= 0.3 is 5.97 Å². The van der Waals surface area contributed by atoms with E-state index >= 15 is 0 Å². The van der Waals surface area contributed by atoms with Crippen molar-refractivity contribution in [3.63, 3.8) is 0 Å². The molecule has 4 nitrogen and oxygen atoms in total. The second-order valence-corrected chi connectivity index (χ2v) is 4.28. The Bertz CT molecular complexity index is 393. The van der Waals surface area contributed by atoms with Crippen LogP contribution in [0.15, 0.2) is 32.3 Å². The first-order valence-corrected chi connectivity index (χ1v) is 5.50. The highest BCUT2D eigenvalue weighted by Crippen LogP contribution is 2.23. The Morgan fingerprint density at radius 3 is 2.80 bits per heavy atom. The largest absolute Gasteiger partial charge is 0.479 e. The maximum atomic E-state index is 10.1. The molecule has 1 rings (SSSR count). The van der Waals surface area contributed by atoms with Crippen molar-refractivity contribution < 1.29 is 14.7 Å². The molecule has 0 radical (unpaired) electrons. The van der Waals surface area contributed by atoms with Crippen molar-refractivity contribution in [1.29, 1.82) is 0 Å². The van der Waals surface area contributed by atoms with Gasteiger partial charge in [-0.2, -0.15) is 0 Å². The van der Waals surface area contributed by atoms with Crippen molar-refractivity contribution in [3.05, 3.63) is 32.7 Å². The second-order valence-electron chi connectivity index (χ2n) is 2.58. The molecular weight excluding hydrogens is 330 g/mol. The van der Waals surface area contributed by atoms with Crippen molar-refractivity contribution in [2.45, 2.75) is 0 Å². The van der Waals surface area contributed by atoms with Crippen molar-refractivity contribution in [2.24, 2.45) is 5.16 Å². The Labute approximate surface area is 103 Å². The third kappa shape index (κ3) is 4.44. The van der Waals surface area contributed by atoms with Crippen LogP contribution >= 0.6 is 31.9 Å². The van der Waals surface area contributed by atoms with Crippen molar-refractivity contribution >= 4 is 44.0 Å². The van der Waals surface area contributed by atoms with Crippen LogP contribution in [0, 0.1) is 0 Å². The highest BCUT2D eigenvalue weighted by atomic mass is 79.9. The highest BCUT2D eigenvalue weighted by molar-refractivity contribution is 9.13. The van der Waals surface area contributed by atoms with E-state index in [1.165, 1.54) is 6.21 Å². The summed E-state index contributed by atoms with van der Waals surface area (Å²) in [4.78, 5) is 14.6. The fraction of sp³-hybridized carbons (Fsp3) is 0.111. The molecule has 0 aliphatic rings. The van der Waals surface area contributed by atoms with E-state index in [-0.39, 0.29) is 0 Å². The normalized spacial score (nSPS) is 10.5. The van der Waals surface area contributed by atoms with Crippen molar-refractivity contribution in [1.82, 2.24) is 0 Å². The van der Waals surface area contributed by atoms with Gasteiger partial charge < -0.3 is 9.94 Å². The van der Waals surface area contributed by atoms with Crippen molar-refractivity contribution in [2.75, 3.05) is 6.61 Å². The fourth-order valence-corrected chi connectivity index (χ4v) is 1.43. The number of carboxylic acids is 1. The smallest absolute Gasteiger partial charge is 0.344 e. The zero-order valence-electron chi connectivity index (χ0n) is 7.48. The van der Waals surface area contributed by atoms with Crippen LogP contribution in [-0.2, 0) is 9.63 Å². The number of carboxylic acid groups (broad SMARTS) is 1. The average Bonchev–Trinajstić information content (AvgIpc) is 2.18. The molecular formula is C9H7Br2NO3. The predicted octanol–water partition coefficient (Wildman–Crippen LogP) is 2.65. The Morgan fingerprint density at radius 1 is 1.47 bits per heavy atom. The van der Waals surface area contributed by atoms with E-state index in [0.717, 1.165) is 14.5 Å². The van der Waals surface area contributed by atoms with Gasteiger partial charge in [-0.05, 0) is 49.6 Å². The van der Waals surface area contributed by atoms with Gasteiger partial charge in [0.05, 0.1) is 6.21 Å². The lowest BCUT2D eigenvalue weighted by Crippen LogP contribution is -2.03. The van der Waals surface area contributed by atoms with E-state index in [1.54, 1.807) is 0 Å². The van der Waals surface area contributed by atoms with Crippen LogP contribution in [0.5, 0.6) is 0 Å². The summed E-state index contributed by atoms with van der Waals surface area (Å²) in [6.45, 7) is -0.436. The molecule has 0 spiro atoms. The molecule has 0 aliphatic carbocycles. The number of aliphatic carboxylic acids is 1. The van der Waals surface area contributed by atoms with E-state index in [2.05, 4.69) is 41.9 Å². The first-order valence-electron chi connectivity index (χ1n) is 3.92. The molecule has 0 aromatic heterocycles. The predicted molar refractivity (Wildman–Crippen MR) is 63.0 cm³/mol. The Morgan fingerprint density at radius 2 is 2.20 bits per heavy atom. The third-order valence-corrected chi connectivity index (χ3v) is 3.29. The quantitative estimate of drug-likeness (QED) is 0.679. The summed E-state index contributed by atoms with van der Waals surface area (Å²) in [5.41, 5.74) is 0.815. The van der Waals surface area contributed by atoms with Gasteiger partial charge in [-0.1, -0.05) is 11.2 Å². The van der Waals surface area contributed by atoms with Crippen LogP contribution < -0.4 is 0 Å². The summed E-state index contributed by atoms with van der Waals surface area (Å²) in [7, 11) is 0. The Kier molecular flexibility index (Phi) is 4.77. The summed E-state index contributed by atoms with van der Waals surface area (Å²) in [6, 6.07) is 5.50. The second kappa shape index (κ2) is 5.87. The Hall–Kier alpha value is -0.880. The lowest BCUT2D eigenvalue weighted by molar-refractivity contribution is -0.142. The van der Waals surface area contributed by atoms with Crippen LogP contribution in [0.3, 0.4) is 0 Å². The first kappa shape index (κ1) is 12.2. The molecule has 0 aliphatic heterocycles. The molecule has 0 saturated heterocycles. The molecule has 0 saturated carbocycles. The highest BCUT2D eigenvalue weighted by Gasteiger charge is 1.97. The van der Waals surface area contributed by atoms with Crippen LogP contribution in [0.4, 0.5) is 0 Å². The molecule has 0 atom stereocenters. The number of halogens is 2. The number of benzene rings is 1. The summed E-state index contributed by atoms with van der Waals surface area (Å²) < 4.78 is 1.83.